The van der Waals surface area contributed by atoms with Crippen LogP contribution in [0.2, 0.25) is 0 Å². The maximum absolute atomic E-state index is 11.9. The number of hydrogen-bond acceptors (Lipinski definition) is 2. The van der Waals surface area contributed by atoms with Crippen molar-refractivity contribution in [3.63, 3.8) is 0 Å². The number of alkyl halides is 3. The molecule has 0 aromatic carbocycles. The van der Waals surface area contributed by atoms with Gasteiger partial charge in [-0.25, -0.2) is 4.98 Å². The normalized spacial score (nSPS) is 11.7. The van der Waals surface area contributed by atoms with Crippen molar-refractivity contribution in [3.05, 3.63) is 25.9 Å². The van der Waals surface area contributed by atoms with E-state index in [2.05, 4.69) is 9.97 Å². The second-order valence-corrected chi connectivity index (χ2v) is 2.94. The lowest BCUT2D eigenvalue weighted by Crippen LogP contribution is -2.17. The molecule has 1 N–H and O–H groups in total. The number of hydrogen-bond donors (Lipinski definition) is 1. The van der Waals surface area contributed by atoms with Gasteiger partial charge in [-0.3, -0.25) is 4.79 Å². The SMILES string of the molecule is O=c1cc(C(F)(F)F)nc(I)[nH]1. The van der Waals surface area contributed by atoms with Crippen molar-refractivity contribution in [1.82, 2.24) is 9.97 Å². The minimum atomic E-state index is -4.56. The Morgan fingerprint density at radius 3 is 2.50 bits per heavy atom. The second kappa shape index (κ2) is 3.04. The molecule has 0 aliphatic heterocycles. The van der Waals surface area contributed by atoms with Gasteiger partial charge in [0.05, 0.1) is 0 Å². The lowest BCUT2D eigenvalue weighted by atomic mass is 10.4. The fraction of sp³-hybridized carbons (Fsp3) is 0.200. The zero-order valence-corrected chi connectivity index (χ0v) is 7.60. The molecule has 1 aromatic rings. The first-order valence-electron chi connectivity index (χ1n) is 2.73. The van der Waals surface area contributed by atoms with Crippen molar-refractivity contribution in [2.75, 3.05) is 0 Å². The molecule has 0 bridgehead atoms. The van der Waals surface area contributed by atoms with Gasteiger partial charge in [-0.1, -0.05) is 0 Å². The van der Waals surface area contributed by atoms with Gasteiger partial charge >= 0.3 is 6.18 Å². The molecule has 0 saturated carbocycles. The summed E-state index contributed by atoms with van der Waals surface area (Å²) in [5, 5.41) is 0. The summed E-state index contributed by atoms with van der Waals surface area (Å²) in [5.74, 6) is 0. The van der Waals surface area contributed by atoms with Crippen molar-refractivity contribution in [2.24, 2.45) is 0 Å². The fourth-order valence-corrected chi connectivity index (χ4v) is 1.10. The summed E-state index contributed by atoms with van der Waals surface area (Å²) < 4.78 is 35.7. The number of aromatic nitrogens is 2. The molecule has 0 spiro atoms. The number of H-pyrrole nitrogens is 1. The number of nitrogens with one attached hydrogen (secondary N) is 1. The van der Waals surface area contributed by atoms with Crippen LogP contribution in [0.5, 0.6) is 0 Å². The predicted octanol–water partition coefficient (Wildman–Crippen LogP) is 1.39. The van der Waals surface area contributed by atoms with Crippen molar-refractivity contribution in [3.8, 4) is 0 Å². The Hall–Kier alpha value is -0.600. The highest BCUT2D eigenvalue weighted by Gasteiger charge is 2.33. The van der Waals surface area contributed by atoms with Crippen LogP contribution >= 0.6 is 22.6 Å². The average molecular weight is 290 g/mol. The summed E-state index contributed by atoms with van der Waals surface area (Å²) in [7, 11) is 0. The van der Waals surface area contributed by atoms with Gasteiger partial charge in [0.25, 0.3) is 5.56 Å². The molecule has 0 aliphatic carbocycles. The van der Waals surface area contributed by atoms with E-state index in [1.165, 1.54) is 22.6 Å². The van der Waals surface area contributed by atoms with Crippen LogP contribution in [-0.4, -0.2) is 9.97 Å². The van der Waals surface area contributed by atoms with E-state index in [1.807, 2.05) is 0 Å². The average Bonchev–Trinajstić information content (AvgIpc) is 1.82. The molecule has 66 valence electrons. The Kier molecular flexibility index (Phi) is 2.40. The summed E-state index contributed by atoms with van der Waals surface area (Å²) in [5.41, 5.74) is -1.97. The van der Waals surface area contributed by atoms with E-state index in [0.29, 0.717) is 6.07 Å². The first kappa shape index (κ1) is 9.49. The molecule has 0 atom stereocenters. The monoisotopic (exact) mass is 290 g/mol. The molecule has 0 aliphatic rings. The van der Waals surface area contributed by atoms with Gasteiger partial charge in [0.2, 0.25) is 0 Å². The second-order valence-electron chi connectivity index (χ2n) is 1.92. The van der Waals surface area contributed by atoms with Gasteiger partial charge in [-0.05, 0) is 22.6 Å². The highest BCUT2D eigenvalue weighted by atomic mass is 127. The zero-order chi connectivity index (χ0) is 9.35. The molecule has 0 amide bonds. The first-order valence-corrected chi connectivity index (χ1v) is 3.81. The lowest BCUT2D eigenvalue weighted by molar-refractivity contribution is -0.141. The molecule has 7 heteroatoms. The fourth-order valence-electron chi connectivity index (χ4n) is 0.573. The van der Waals surface area contributed by atoms with Crippen LogP contribution in [0.3, 0.4) is 0 Å². The number of halogens is 4. The largest absolute Gasteiger partial charge is 0.433 e. The minimum absolute atomic E-state index is 0.0765. The molecule has 0 saturated heterocycles. The summed E-state index contributed by atoms with van der Waals surface area (Å²) >= 11 is 1.50. The smallest absolute Gasteiger partial charge is 0.302 e. The van der Waals surface area contributed by atoms with Crippen LogP contribution in [0.1, 0.15) is 5.69 Å². The molecule has 0 unspecified atom stereocenters. The van der Waals surface area contributed by atoms with E-state index in [4.69, 9.17) is 0 Å². The van der Waals surface area contributed by atoms with Gasteiger partial charge in [0.1, 0.15) is 0 Å². The van der Waals surface area contributed by atoms with E-state index in [-0.39, 0.29) is 3.83 Å². The Balaban J connectivity index is 3.27. The summed E-state index contributed by atoms with van der Waals surface area (Å²) in [6.07, 6.45) is -4.56. The molecule has 0 radical (unpaired) electrons. The number of aromatic amines is 1. The molecule has 1 heterocycles. The Bertz CT molecular complexity index is 345. The third kappa shape index (κ3) is 2.19. The van der Waals surface area contributed by atoms with Crippen LogP contribution in [-0.2, 0) is 6.18 Å². The van der Waals surface area contributed by atoms with Gasteiger partial charge in [0.15, 0.2) is 9.53 Å². The summed E-state index contributed by atoms with van der Waals surface area (Å²) in [4.78, 5) is 15.8. The molecule has 3 nitrogen and oxygen atoms in total. The number of rotatable bonds is 0. The van der Waals surface area contributed by atoms with Crippen molar-refractivity contribution in [2.45, 2.75) is 6.18 Å². The van der Waals surface area contributed by atoms with Crippen molar-refractivity contribution >= 4 is 22.6 Å². The van der Waals surface area contributed by atoms with Gasteiger partial charge in [-0.15, -0.1) is 0 Å². The van der Waals surface area contributed by atoms with Crippen LogP contribution < -0.4 is 5.56 Å². The first-order chi connectivity index (χ1) is 5.39. The molecule has 0 fully saturated rings. The number of nitrogens with zero attached hydrogens (tertiary/aromatic N) is 1. The van der Waals surface area contributed by atoms with E-state index in [9.17, 15) is 18.0 Å². The van der Waals surface area contributed by atoms with Crippen LogP contribution in [0, 0.1) is 3.83 Å². The van der Waals surface area contributed by atoms with E-state index in [1.54, 1.807) is 0 Å². The Morgan fingerprint density at radius 1 is 1.50 bits per heavy atom. The van der Waals surface area contributed by atoms with E-state index >= 15 is 0 Å². The molecule has 1 rings (SSSR count). The maximum atomic E-state index is 11.9. The van der Waals surface area contributed by atoms with E-state index in [0.717, 1.165) is 0 Å². The van der Waals surface area contributed by atoms with Gasteiger partial charge in [0, 0.05) is 6.07 Å². The Morgan fingerprint density at radius 2 is 2.08 bits per heavy atom. The molecule has 1 aromatic heterocycles. The highest BCUT2D eigenvalue weighted by Crippen LogP contribution is 2.26. The van der Waals surface area contributed by atoms with E-state index < -0.39 is 17.4 Å². The Labute approximate surface area is 78.2 Å². The van der Waals surface area contributed by atoms with Crippen LogP contribution in [0.25, 0.3) is 0 Å². The van der Waals surface area contributed by atoms with Gasteiger partial charge < -0.3 is 4.98 Å². The minimum Gasteiger partial charge on any atom is -0.302 e. The van der Waals surface area contributed by atoms with Crippen LogP contribution in [0.4, 0.5) is 13.2 Å². The quantitative estimate of drug-likeness (QED) is 0.580. The maximum Gasteiger partial charge on any atom is 0.433 e. The highest BCUT2D eigenvalue weighted by molar-refractivity contribution is 14.1. The van der Waals surface area contributed by atoms with Gasteiger partial charge in [-0.2, -0.15) is 13.2 Å². The zero-order valence-electron chi connectivity index (χ0n) is 5.44. The third-order valence-corrected chi connectivity index (χ3v) is 1.51. The molecular weight excluding hydrogens is 288 g/mol. The van der Waals surface area contributed by atoms with Crippen molar-refractivity contribution in [1.29, 1.82) is 0 Å². The predicted molar refractivity (Wildman–Crippen MR) is 42.6 cm³/mol. The lowest BCUT2D eigenvalue weighted by Gasteiger charge is -2.03. The van der Waals surface area contributed by atoms with Crippen LogP contribution in [0.15, 0.2) is 10.9 Å². The summed E-state index contributed by atoms with van der Waals surface area (Å²) in [6, 6.07) is 0.419. The molecule has 12 heavy (non-hydrogen) atoms. The topological polar surface area (TPSA) is 45.8 Å². The van der Waals surface area contributed by atoms with Crippen molar-refractivity contribution < 1.29 is 13.2 Å². The standard InChI is InChI=1S/C5H2F3IN2O/c6-5(7,8)2-1-3(12)11-4(9)10-2/h1H,(H,10,11,12). The third-order valence-electron chi connectivity index (χ3n) is 1.00. The summed E-state index contributed by atoms with van der Waals surface area (Å²) in [6.45, 7) is 0. The molecular formula is C5H2F3IN2O.